The maximum atomic E-state index is 8.95. The summed E-state index contributed by atoms with van der Waals surface area (Å²) in [5, 5.41) is 10.9. The van der Waals surface area contributed by atoms with Crippen LogP contribution in [0.3, 0.4) is 0 Å². The van der Waals surface area contributed by atoms with E-state index in [0.29, 0.717) is 6.54 Å². The summed E-state index contributed by atoms with van der Waals surface area (Å²) in [5.74, 6) is 0. The average Bonchev–Trinajstić information content (AvgIpc) is 2.71. The Kier molecular flexibility index (Phi) is 4.64. The molecule has 0 atom stereocenters. The second-order valence-corrected chi connectivity index (χ2v) is 4.92. The number of aromatic nitrogens is 1. The summed E-state index contributed by atoms with van der Waals surface area (Å²) < 4.78 is 2.21. The molecule has 0 radical (unpaired) electrons. The summed E-state index contributed by atoms with van der Waals surface area (Å²) in [5.41, 5.74) is 7.99. The number of rotatable bonds is 6. The number of fused-ring (bicyclic) bond motifs is 1. The van der Waals surface area contributed by atoms with Crippen LogP contribution in [0.25, 0.3) is 10.9 Å². The van der Waals surface area contributed by atoms with Crippen LogP contribution in [0.5, 0.6) is 0 Å². The molecule has 0 aliphatic carbocycles. The Morgan fingerprint density at radius 1 is 1.28 bits per heavy atom. The number of aliphatic hydroxyl groups is 1. The minimum atomic E-state index is 0.225. The van der Waals surface area contributed by atoms with Crippen LogP contribution in [0.4, 0.5) is 0 Å². The number of nitrogens with zero attached hydrogens (tertiary/aromatic N) is 1. The lowest BCUT2D eigenvalue weighted by atomic mass is 10.1. The second-order valence-electron chi connectivity index (χ2n) is 4.48. The van der Waals surface area contributed by atoms with E-state index in [1.165, 1.54) is 10.9 Å². The van der Waals surface area contributed by atoms with Crippen LogP contribution in [0.1, 0.15) is 18.4 Å². The minimum Gasteiger partial charge on any atom is -0.396 e. The van der Waals surface area contributed by atoms with Crippen molar-refractivity contribution in [1.82, 2.24) is 4.57 Å². The molecule has 0 fully saturated rings. The number of aryl methyl sites for hydroxylation is 2. The lowest BCUT2D eigenvalue weighted by molar-refractivity contribution is 0.288. The van der Waals surface area contributed by atoms with Crippen LogP contribution in [-0.2, 0) is 13.0 Å². The monoisotopic (exact) mass is 266 g/mol. The molecule has 0 aliphatic heterocycles. The fraction of sp³-hybridized carbons (Fsp3) is 0.429. The second kappa shape index (κ2) is 6.23. The molecular weight excluding hydrogens is 248 g/mol. The highest BCUT2D eigenvalue weighted by atomic mass is 35.5. The summed E-state index contributed by atoms with van der Waals surface area (Å²) in [6.07, 6.45) is 4.80. The van der Waals surface area contributed by atoms with Crippen molar-refractivity contribution in [3.8, 4) is 0 Å². The topological polar surface area (TPSA) is 51.2 Å². The zero-order valence-electron chi connectivity index (χ0n) is 10.4. The van der Waals surface area contributed by atoms with E-state index in [-0.39, 0.29) is 6.61 Å². The largest absolute Gasteiger partial charge is 0.396 e. The van der Waals surface area contributed by atoms with Gasteiger partial charge in [-0.3, -0.25) is 0 Å². The zero-order valence-corrected chi connectivity index (χ0v) is 11.2. The molecule has 3 nitrogen and oxygen atoms in total. The van der Waals surface area contributed by atoms with Gasteiger partial charge in [0.1, 0.15) is 0 Å². The van der Waals surface area contributed by atoms with Crippen LogP contribution in [0, 0.1) is 0 Å². The lowest BCUT2D eigenvalue weighted by Crippen LogP contribution is -2.04. The Morgan fingerprint density at radius 3 is 2.83 bits per heavy atom. The van der Waals surface area contributed by atoms with E-state index in [1.54, 1.807) is 0 Å². The first-order chi connectivity index (χ1) is 8.76. The van der Waals surface area contributed by atoms with Crippen LogP contribution < -0.4 is 5.73 Å². The van der Waals surface area contributed by atoms with Crippen molar-refractivity contribution in [2.75, 3.05) is 13.2 Å². The van der Waals surface area contributed by atoms with E-state index in [2.05, 4.69) is 16.8 Å². The van der Waals surface area contributed by atoms with Crippen LogP contribution in [-0.4, -0.2) is 22.8 Å². The van der Waals surface area contributed by atoms with Crippen LogP contribution >= 0.6 is 11.6 Å². The molecule has 4 heteroatoms. The van der Waals surface area contributed by atoms with Gasteiger partial charge in [0.2, 0.25) is 0 Å². The molecule has 1 aromatic carbocycles. The molecule has 0 aliphatic rings. The smallest absolute Gasteiger partial charge is 0.0498 e. The fourth-order valence-electron chi connectivity index (χ4n) is 2.26. The van der Waals surface area contributed by atoms with Crippen molar-refractivity contribution in [1.29, 1.82) is 0 Å². The molecule has 0 amide bonds. The van der Waals surface area contributed by atoms with Gasteiger partial charge >= 0.3 is 0 Å². The van der Waals surface area contributed by atoms with Gasteiger partial charge in [-0.25, -0.2) is 0 Å². The highest BCUT2D eigenvalue weighted by Gasteiger charge is 2.08. The van der Waals surface area contributed by atoms with Crippen LogP contribution in [0.2, 0.25) is 5.02 Å². The minimum absolute atomic E-state index is 0.225. The molecule has 0 bridgehead atoms. The molecule has 0 saturated heterocycles. The third-order valence-electron chi connectivity index (χ3n) is 3.13. The van der Waals surface area contributed by atoms with Gasteiger partial charge in [0.05, 0.1) is 0 Å². The molecule has 0 saturated carbocycles. The lowest BCUT2D eigenvalue weighted by Gasteiger charge is -2.03. The Bertz CT molecular complexity index is 522. The molecule has 98 valence electrons. The molecular formula is C14H19ClN2O. The highest BCUT2D eigenvalue weighted by molar-refractivity contribution is 6.31. The molecule has 2 aromatic rings. The highest BCUT2D eigenvalue weighted by Crippen LogP contribution is 2.26. The number of halogens is 1. The van der Waals surface area contributed by atoms with Gasteiger partial charge in [0, 0.05) is 35.3 Å². The van der Waals surface area contributed by atoms with Gasteiger partial charge in [-0.2, -0.15) is 0 Å². The Hall–Kier alpha value is -1.03. The maximum absolute atomic E-state index is 8.95. The Morgan fingerprint density at radius 2 is 2.11 bits per heavy atom. The Labute approximate surface area is 112 Å². The number of hydrogen-bond acceptors (Lipinski definition) is 2. The van der Waals surface area contributed by atoms with E-state index in [4.69, 9.17) is 22.4 Å². The summed E-state index contributed by atoms with van der Waals surface area (Å²) in [4.78, 5) is 0. The first kappa shape index (κ1) is 13.4. The third-order valence-corrected chi connectivity index (χ3v) is 3.37. The quantitative estimate of drug-likeness (QED) is 0.844. The van der Waals surface area contributed by atoms with Crippen molar-refractivity contribution in [3.63, 3.8) is 0 Å². The first-order valence-corrected chi connectivity index (χ1v) is 6.72. The maximum Gasteiger partial charge on any atom is 0.0498 e. The van der Waals surface area contributed by atoms with Crippen molar-refractivity contribution < 1.29 is 5.11 Å². The fourth-order valence-corrected chi connectivity index (χ4v) is 2.42. The third kappa shape index (κ3) is 2.86. The standard InChI is InChI=1S/C14H19ClN2O/c15-12-4-5-13-11(3-1-8-18)10-17(7-2-6-16)14(13)9-12/h4-5,9-10,18H,1-3,6-8,16H2. The van der Waals surface area contributed by atoms with E-state index in [1.807, 2.05) is 12.1 Å². The SMILES string of the molecule is NCCCn1cc(CCCO)c2ccc(Cl)cc21. The predicted octanol–water partition coefficient (Wildman–Crippen LogP) is 2.57. The number of hydrogen-bond donors (Lipinski definition) is 2. The van der Waals surface area contributed by atoms with Crippen molar-refractivity contribution in [2.24, 2.45) is 5.73 Å². The summed E-state index contributed by atoms with van der Waals surface area (Å²) >= 11 is 6.06. The first-order valence-electron chi connectivity index (χ1n) is 6.34. The van der Waals surface area contributed by atoms with E-state index in [9.17, 15) is 0 Å². The van der Waals surface area contributed by atoms with Crippen molar-refractivity contribution in [3.05, 3.63) is 35.0 Å². The zero-order chi connectivity index (χ0) is 13.0. The molecule has 2 rings (SSSR count). The van der Waals surface area contributed by atoms with Gasteiger partial charge in [0.25, 0.3) is 0 Å². The number of nitrogens with two attached hydrogens (primary N) is 1. The number of aliphatic hydroxyl groups excluding tert-OH is 1. The number of benzene rings is 1. The molecule has 1 heterocycles. The molecule has 0 unspecified atom stereocenters. The average molecular weight is 267 g/mol. The summed E-state index contributed by atoms with van der Waals surface area (Å²) in [6, 6.07) is 5.97. The molecule has 1 aromatic heterocycles. The van der Waals surface area contributed by atoms with E-state index in [0.717, 1.165) is 36.3 Å². The van der Waals surface area contributed by atoms with Gasteiger partial charge < -0.3 is 15.4 Å². The normalized spacial score (nSPS) is 11.3. The molecule has 0 spiro atoms. The molecule has 3 N–H and O–H groups in total. The van der Waals surface area contributed by atoms with Crippen molar-refractivity contribution in [2.45, 2.75) is 25.8 Å². The van der Waals surface area contributed by atoms with Crippen LogP contribution in [0.15, 0.2) is 24.4 Å². The summed E-state index contributed by atoms with van der Waals surface area (Å²) in [7, 11) is 0. The van der Waals surface area contributed by atoms with Crippen molar-refractivity contribution >= 4 is 22.5 Å². The molecule has 18 heavy (non-hydrogen) atoms. The van der Waals surface area contributed by atoms with Gasteiger partial charge in [0.15, 0.2) is 0 Å². The van der Waals surface area contributed by atoms with Gasteiger partial charge in [-0.05, 0) is 43.5 Å². The Balaban J connectivity index is 2.39. The van der Waals surface area contributed by atoms with E-state index < -0.39 is 0 Å². The summed E-state index contributed by atoms with van der Waals surface area (Å²) in [6.45, 7) is 1.82. The van der Waals surface area contributed by atoms with Gasteiger partial charge in [-0.15, -0.1) is 0 Å². The predicted molar refractivity (Wildman–Crippen MR) is 76.0 cm³/mol. The van der Waals surface area contributed by atoms with Gasteiger partial charge in [-0.1, -0.05) is 17.7 Å². The van der Waals surface area contributed by atoms with E-state index >= 15 is 0 Å².